The molecule has 0 saturated heterocycles. The number of nitrogens with two attached hydrogens (primary N) is 1. The predicted octanol–water partition coefficient (Wildman–Crippen LogP) is 3.55. The van der Waals surface area contributed by atoms with Crippen LogP contribution in [-0.2, 0) is 0 Å². The quantitative estimate of drug-likeness (QED) is 0.865. The maximum atomic E-state index is 12.8. The van der Waals surface area contributed by atoms with E-state index in [0.29, 0.717) is 17.8 Å². The van der Waals surface area contributed by atoms with Crippen molar-refractivity contribution in [2.45, 2.75) is 20.8 Å². The highest BCUT2D eigenvalue weighted by atomic mass is 16.2. The second-order valence-corrected chi connectivity index (χ2v) is 4.93. The van der Waals surface area contributed by atoms with Crippen LogP contribution in [0.4, 0.5) is 11.4 Å². The van der Waals surface area contributed by atoms with Gasteiger partial charge in [0.05, 0.1) is 5.56 Å². The summed E-state index contributed by atoms with van der Waals surface area (Å²) in [6.45, 7) is 6.50. The van der Waals surface area contributed by atoms with Crippen LogP contribution in [0.5, 0.6) is 0 Å². The van der Waals surface area contributed by atoms with Gasteiger partial charge in [0, 0.05) is 17.9 Å². The third-order valence-electron chi connectivity index (χ3n) is 3.39. The smallest absolute Gasteiger partial charge is 0.260 e. The van der Waals surface area contributed by atoms with Gasteiger partial charge in [-0.25, -0.2) is 0 Å². The van der Waals surface area contributed by atoms with E-state index in [-0.39, 0.29) is 5.91 Å². The lowest BCUT2D eigenvalue weighted by atomic mass is 10.0. The zero-order chi connectivity index (χ0) is 14.7. The van der Waals surface area contributed by atoms with Gasteiger partial charge in [0.1, 0.15) is 0 Å². The molecule has 2 aromatic carbocycles. The van der Waals surface area contributed by atoms with Crippen molar-refractivity contribution in [3.05, 3.63) is 59.2 Å². The molecule has 0 aliphatic heterocycles. The number of anilines is 2. The first-order chi connectivity index (χ1) is 9.54. The van der Waals surface area contributed by atoms with Gasteiger partial charge in [0.15, 0.2) is 0 Å². The molecular formula is C17H20N2O. The lowest BCUT2D eigenvalue weighted by molar-refractivity contribution is 0.0988. The molecule has 3 heteroatoms. The van der Waals surface area contributed by atoms with Gasteiger partial charge in [-0.2, -0.15) is 0 Å². The van der Waals surface area contributed by atoms with E-state index in [4.69, 9.17) is 5.73 Å². The second kappa shape index (κ2) is 5.78. The molecule has 0 aliphatic carbocycles. The highest BCUT2D eigenvalue weighted by Crippen LogP contribution is 2.23. The standard InChI is InChI=1S/C17H20N2O/c1-4-19(14-9-5-7-12(2)11-14)17(20)16-13(3)8-6-10-15(16)18/h5-11H,4,18H2,1-3H3. The number of hydrogen-bond donors (Lipinski definition) is 1. The SMILES string of the molecule is CCN(C(=O)c1c(C)cccc1N)c1cccc(C)c1. The fourth-order valence-corrected chi connectivity index (χ4v) is 2.36. The first-order valence-electron chi connectivity index (χ1n) is 6.78. The number of carbonyl (C=O) groups excluding carboxylic acids is 1. The third-order valence-corrected chi connectivity index (χ3v) is 3.39. The van der Waals surface area contributed by atoms with E-state index in [2.05, 4.69) is 0 Å². The van der Waals surface area contributed by atoms with Crippen molar-refractivity contribution < 1.29 is 4.79 Å². The average molecular weight is 268 g/mol. The van der Waals surface area contributed by atoms with Crippen LogP contribution >= 0.6 is 0 Å². The first kappa shape index (κ1) is 14.1. The summed E-state index contributed by atoms with van der Waals surface area (Å²) in [5.41, 5.74) is 10.0. The van der Waals surface area contributed by atoms with E-state index in [1.54, 1.807) is 11.0 Å². The highest BCUT2D eigenvalue weighted by molar-refractivity contribution is 6.10. The minimum atomic E-state index is -0.0475. The number of aryl methyl sites for hydroxylation is 2. The largest absolute Gasteiger partial charge is 0.398 e. The molecular weight excluding hydrogens is 248 g/mol. The molecule has 0 spiro atoms. The molecule has 2 N–H and O–H groups in total. The fraction of sp³-hybridized carbons (Fsp3) is 0.235. The zero-order valence-electron chi connectivity index (χ0n) is 12.2. The Morgan fingerprint density at radius 3 is 2.45 bits per heavy atom. The molecule has 0 aliphatic rings. The van der Waals surface area contributed by atoms with Crippen LogP contribution in [0.25, 0.3) is 0 Å². The number of benzene rings is 2. The maximum Gasteiger partial charge on any atom is 0.260 e. The Labute approximate surface area is 120 Å². The number of carbonyl (C=O) groups is 1. The predicted molar refractivity (Wildman–Crippen MR) is 84.1 cm³/mol. The van der Waals surface area contributed by atoms with Crippen molar-refractivity contribution in [3.8, 4) is 0 Å². The number of nitrogen functional groups attached to an aromatic ring is 1. The van der Waals surface area contributed by atoms with Crippen molar-refractivity contribution >= 4 is 17.3 Å². The Balaban J connectivity index is 2.45. The summed E-state index contributed by atoms with van der Waals surface area (Å²) in [4.78, 5) is 14.5. The van der Waals surface area contributed by atoms with Crippen molar-refractivity contribution in [1.82, 2.24) is 0 Å². The van der Waals surface area contributed by atoms with Gasteiger partial charge >= 0.3 is 0 Å². The topological polar surface area (TPSA) is 46.3 Å². The van der Waals surface area contributed by atoms with Gasteiger partial charge in [0.25, 0.3) is 5.91 Å². The molecule has 0 radical (unpaired) electrons. The van der Waals surface area contributed by atoms with E-state index in [9.17, 15) is 4.79 Å². The van der Waals surface area contributed by atoms with Crippen LogP contribution in [0.3, 0.4) is 0 Å². The Bertz CT molecular complexity index is 614. The molecule has 0 saturated carbocycles. The molecule has 0 bridgehead atoms. The highest BCUT2D eigenvalue weighted by Gasteiger charge is 2.20. The summed E-state index contributed by atoms with van der Waals surface area (Å²) in [6, 6.07) is 13.5. The Kier molecular flexibility index (Phi) is 4.08. The molecule has 0 atom stereocenters. The van der Waals surface area contributed by atoms with E-state index < -0.39 is 0 Å². The number of amides is 1. The number of nitrogens with zero attached hydrogens (tertiary/aromatic N) is 1. The second-order valence-electron chi connectivity index (χ2n) is 4.93. The van der Waals surface area contributed by atoms with Crippen LogP contribution in [0.1, 0.15) is 28.4 Å². The lowest BCUT2D eigenvalue weighted by Gasteiger charge is -2.23. The van der Waals surface area contributed by atoms with Crippen LogP contribution in [0.15, 0.2) is 42.5 Å². The maximum absolute atomic E-state index is 12.8. The minimum Gasteiger partial charge on any atom is -0.398 e. The molecule has 0 heterocycles. The van der Waals surface area contributed by atoms with Gasteiger partial charge < -0.3 is 10.6 Å². The van der Waals surface area contributed by atoms with Crippen molar-refractivity contribution in [2.24, 2.45) is 0 Å². The molecule has 1 amide bonds. The normalized spacial score (nSPS) is 10.3. The van der Waals surface area contributed by atoms with Crippen molar-refractivity contribution in [3.63, 3.8) is 0 Å². The summed E-state index contributed by atoms with van der Waals surface area (Å²) in [7, 11) is 0. The molecule has 0 unspecified atom stereocenters. The summed E-state index contributed by atoms with van der Waals surface area (Å²) < 4.78 is 0. The van der Waals surface area contributed by atoms with Crippen LogP contribution in [0, 0.1) is 13.8 Å². The zero-order valence-corrected chi connectivity index (χ0v) is 12.2. The van der Waals surface area contributed by atoms with Gasteiger partial charge in [-0.05, 0) is 50.1 Å². The van der Waals surface area contributed by atoms with Crippen LogP contribution < -0.4 is 10.6 Å². The van der Waals surface area contributed by atoms with Crippen molar-refractivity contribution in [1.29, 1.82) is 0 Å². The van der Waals surface area contributed by atoms with Crippen LogP contribution in [0.2, 0.25) is 0 Å². The summed E-state index contributed by atoms with van der Waals surface area (Å²) in [6.07, 6.45) is 0. The first-order valence-corrected chi connectivity index (χ1v) is 6.78. The molecule has 0 fully saturated rings. The molecule has 20 heavy (non-hydrogen) atoms. The van der Waals surface area contributed by atoms with Crippen LogP contribution in [-0.4, -0.2) is 12.5 Å². The van der Waals surface area contributed by atoms with E-state index in [1.807, 2.05) is 57.2 Å². The van der Waals surface area contributed by atoms with E-state index in [0.717, 1.165) is 16.8 Å². The summed E-state index contributed by atoms with van der Waals surface area (Å²) >= 11 is 0. The number of rotatable bonds is 3. The van der Waals surface area contributed by atoms with Gasteiger partial charge in [-0.3, -0.25) is 4.79 Å². The van der Waals surface area contributed by atoms with Gasteiger partial charge in [0.2, 0.25) is 0 Å². The molecule has 3 nitrogen and oxygen atoms in total. The lowest BCUT2D eigenvalue weighted by Crippen LogP contribution is -2.31. The van der Waals surface area contributed by atoms with Gasteiger partial charge in [-0.15, -0.1) is 0 Å². The molecule has 104 valence electrons. The molecule has 2 aromatic rings. The minimum absolute atomic E-state index is 0.0475. The van der Waals surface area contributed by atoms with Gasteiger partial charge in [-0.1, -0.05) is 24.3 Å². The molecule has 0 aromatic heterocycles. The Morgan fingerprint density at radius 1 is 1.15 bits per heavy atom. The van der Waals surface area contributed by atoms with E-state index in [1.165, 1.54) is 0 Å². The average Bonchev–Trinajstić information content (AvgIpc) is 2.39. The Hall–Kier alpha value is -2.29. The van der Waals surface area contributed by atoms with E-state index >= 15 is 0 Å². The number of hydrogen-bond acceptors (Lipinski definition) is 2. The summed E-state index contributed by atoms with van der Waals surface area (Å²) in [5.74, 6) is -0.0475. The fourth-order valence-electron chi connectivity index (χ4n) is 2.36. The third kappa shape index (κ3) is 2.67. The molecule has 2 rings (SSSR count). The monoisotopic (exact) mass is 268 g/mol. The van der Waals surface area contributed by atoms with Crippen molar-refractivity contribution in [2.75, 3.05) is 17.2 Å². The Morgan fingerprint density at radius 2 is 1.85 bits per heavy atom. The summed E-state index contributed by atoms with van der Waals surface area (Å²) in [5, 5.41) is 0.